The van der Waals surface area contributed by atoms with Gasteiger partial charge >= 0.3 is 23.7 Å². The minimum absolute atomic E-state index is 0.0926. The molecule has 274 valence electrons. The third-order valence-electron chi connectivity index (χ3n) is 6.73. The molecule has 4 atom stereocenters. The molecular weight excluding hydrogens is 699 g/mol. The zero-order chi connectivity index (χ0) is 37.8. The molecule has 0 aliphatic rings. The number of carbonyl (C=O) groups excluding carboxylic acids is 5. The number of carbonyl (C=O) groups is 7. The molecule has 0 saturated heterocycles. The molecule has 0 bridgehead atoms. The van der Waals surface area contributed by atoms with Crippen LogP contribution in [-0.4, -0.2) is 99.6 Å². The third-order valence-corrected chi connectivity index (χ3v) is 7.37. The highest BCUT2D eigenvalue weighted by Crippen LogP contribution is 2.34. The first-order chi connectivity index (χ1) is 23.4. The summed E-state index contributed by atoms with van der Waals surface area (Å²) in [5, 5.41) is 38.7. The van der Waals surface area contributed by atoms with Crippen molar-refractivity contribution < 1.29 is 66.5 Å². The van der Waals surface area contributed by atoms with Crippen molar-refractivity contribution in [2.24, 2.45) is 0 Å². The van der Waals surface area contributed by atoms with E-state index in [-0.39, 0.29) is 30.3 Å². The lowest BCUT2D eigenvalue weighted by Gasteiger charge is -2.25. The van der Waals surface area contributed by atoms with Gasteiger partial charge in [-0.3, -0.25) is 33.6 Å². The molecular formula is C29H34F3N5O12S. The van der Waals surface area contributed by atoms with Crippen molar-refractivity contribution in [1.29, 1.82) is 0 Å². The van der Waals surface area contributed by atoms with Crippen molar-refractivity contribution in [3.8, 4) is 0 Å². The Kier molecular flexibility index (Phi) is 15.2. The van der Waals surface area contributed by atoms with Crippen LogP contribution in [0.15, 0.2) is 33.5 Å². The molecule has 21 heteroatoms. The van der Waals surface area contributed by atoms with E-state index in [0.717, 1.165) is 25.1 Å². The van der Waals surface area contributed by atoms with Crippen molar-refractivity contribution in [2.45, 2.75) is 63.0 Å². The molecule has 1 aromatic carbocycles. The molecule has 0 aliphatic heterocycles. The summed E-state index contributed by atoms with van der Waals surface area (Å²) in [7, 11) is 0. The number of carboxylic acid groups (broad SMARTS) is 2. The lowest BCUT2D eigenvalue weighted by molar-refractivity contribution is -0.140. The maximum atomic E-state index is 13.4. The Hall–Kier alpha value is -5.18. The zero-order valence-electron chi connectivity index (χ0n) is 26.4. The van der Waals surface area contributed by atoms with Gasteiger partial charge in [-0.05, 0) is 37.0 Å². The van der Waals surface area contributed by atoms with Crippen LogP contribution >= 0.6 is 11.8 Å². The molecule has 0 spiro atoms. The van der Waals surface area contributed by atoms with Gasteiger partial charge in [-0.15, -0.1) is 0 Å². The van der Waals surface area contributed by atoms with Crippen molar-refractivity contribution in [3.05, 3.63) is 40.2 Å². The van der Waals surface area contributed by atoms with Crippen molar-refractivity contribution >= 4 is 69.9 Å². The average Bonchev–Trinajstić information content (AvgIpc) is 3.01. The van der Waals surface area contributed by atoms with Crippen molar-refractivity contribution in [1.82, 2.24) is 21.3 Å². The molecule has 0 unspecified atom stereocenters. The summed E-state index contributed by atoms with van der Waals surface area (Å²) in [6.07, 6.45) is -5.20. The van der Waals surface area contributed by atoms with Crippen LogP contribution < -0.4 is 32.2 Å². The minimum Gasteiger partial charge on any atom is -0.481 e. The van der Waals surface area contributed by atoms with Crippen LogP contribution in [0.25, 0.3) is 11.0 Å². The Morgan fingerprint density at radius 3 is 1.94 bits per heavy atom. The van der Waals surface area contributed by atoms with Crippen LogP contribution in [0.4, 0.5) is 18.9 Å². The number of aliphatic carboxylic acids is 2. The fourth-order valence-electron chi connectivity index (χ4n) is 4.39. The lowest BCUT2D eigenvalue weighted by Crippen LogP contribution is -2.59. The maximum absolute atomic E-state index is 13.4. The topological polar surface area (TPSA) is 271 Å². The van der Waals surface area contributed by atoms with E-state index < -0.39 is 113 Å². The summed E-state index contributed by atoms with van der Waals surface area (Å²) >= 11 is 1.24. The number of hydrogen-bond acceptors (Lipinski definition) is 11. The van der Waals surface area contributed by atoms with E-state index in [1.54, 1.807) is 6.26 Å². The second-order valence-corrected chi connectivity index (χ2v) is 11.6. The normalized spacial score (nSPS) is 13.6. The summed E-state index contributed by atoms with van der Waals surface area (Å²) in [5.74, 6) is -7.58. The summed E-state index contributed by atoms with van der Waals surface area (Å²) in [6, 6.07) is -3.26. The van der Waals surface area contributed by atoms with Gasteiger partial charge in [0.2, 0.25) is 29.5 Å². The fraction of sp³-hybridized carbons (Fsp3) is 0.448. The number of halogens is 3. The molecule has 0 saturated carbocycles. The monoisotopic (exact) mass is 733 g/mol. The number of rotatable bonds is 18. The number of aliphatic hydroxyl groups excluding tert-OH is 1. The highest BCUT2D eigenvalue weighted by molar-refractivity contribution is 7.98. The zero-order valence-corrected chi connectivity index (χ0v) is 27.2. The quantitative estimate of drug-likeness (QED) is 0.0924. The summed E-state index contributed by atoms with van der Waals surface area (Å²) in [4.78, 5) is 97.8. The number of benzene rings is 1. The molecule has 1 heterocycles. The highest BCUT2D eigenvalue weighted by atomic mass is 32.2. The largest absolute Gasteiger partial charge is 0.481 e. The first-order valence-electron chi connectivity index (χ1n) is 14.5. The molecule has 5 amide bonds. The van der Waals surface area contributed by atoms with E-state index in [1.807, 2.05) is 0 Å². The Labute approximate surface area is 284 Å². The van der Waals surface area contributed by atoms with Crippen LogP contribution in [0.2, 0.25) is 0 Å². The number of aliphatic hydroxyl groups is 1. The Morgan fingerprint density at radius 1 is 0.820 bits per heavy atom. The first kappa shape index (κ1) is 41.0. The molecule has 8 N–H and O–H groups in total. The second-order valence-electron chi connectivity index (χ2n) is 10.6. The van der Waals surface area contributed by atoms with Crippen LogP contribution in [0.3, 0.4) is 0 Å². The van der Waals surface area contributed by atoms with Gasteiger partial charge in [0.1, 0.15) is 29.8 Å². The van der Waals surface area contributed by atoms with Gasteiger partial charge in [0.15, 0.2) is 0 Å². The van der Waals surface area contributed by atoms with Crippen LogP contribution in [0.1, 0.15) is 38.2 Å². The van der Waals surface area contributed by atoms with Crippen molar-refractivity contribution in [3.63, 3.8) is 0 Å². The van der Waals surface area contributed by atoms with E-state index in [2.05, 4.69) is 26.6 Å². The van der Waals surface area contributed by atoms with E-state index >= 15 is 0 Å². The number of thioether (sulfide) groups is 1. The molecule has 2 rings (SSSR count). The smallest absolute Gasteiger partial charge is 0.417 e. The van der Waals surface area contributed by atoms with Crippen LogP contribution in [-0.2, 0) is 39.7 Å². The number of anilines is 1. The first-order valence-corrected chi connectivity index (χ1v) is 15.9. The number of amides is 5. The van der Waals surface area contributed by atoms with E-state index in [9.17, 15) is 61.7 Å². The minimum atomic E-state index is -4.90. The Bertz CT molecular complexity index is 1670. The van der Waals surface area contributed by atoms with Gasteiger partial charge in [-0.1, -0.05) is 0 Å². The number of hydrogen-bond donors (Lipinski definition) is 8. The van der Waals surface area contributed by atoms with Crippen molar-refractivity contribution in [2.75, 3.05) is 23.9 Å². The standard InChI is InChI=1S/C29H34F3N5O12S/c1-13(39)33-17(5-6-22(40)41)25(45)37-20(12-38)28(48)35-18(7-8-50-2)26(46)36-19(11-23(42)43)27(47)34-14-3-4-15-16(29(30,31)32)10-24(44)49-21(15)9-14/h3-4,9-10,17-20,38H,5-8,11-12H2,1-2H3,(H,33,39)(H,34,47)(H,35,48)(H,36,46)(H,37,45)(H,40,41)(H,42,43)/t17-,18-,19-,20-/m0/s1. The van der Waals surface area contributed by atoms with Gasteiger partial charge < -0.3 is 46.3 Å². The van der Waals surface area contributed by atoms with Crippen LogP contribution in [0.5, 0.6) is 0 Å². The second kappa shape index (κ2) is 18.5. The summed E-state index contributed by atoms with van der Waals surface area (Å²) in [5.41, 5.74) is -3.37. The number of fused-ring (bicyclic) bond motifs is 1. The molecule has 0 fully saturated rings. The molecule has 1 aromatic heterocycles. The third kappa shape index (κ3) is 12.7. The Balaban J connectivity index is 2.25. The van der Waals surface area contributed by atoms with Crippen LogP contribution in [0, 0.1) is 0 Å². The van der Waals surface area contributed by atoms with Gasteiger partial charge in [0.05, 0.1) is 18.6 Å². The van der Waals surface area contributed by atoms with Gasteiger partial charge in [-0.2, -0.15) is 24.9 Å². The average molecular weight is 734 g/mol. The molecule has 0 aliphatic carbocycles. The van der Waals surface area contributed by atoms with Gasteiger partial charge in [0.25, 0.3) is 0 Å². The molecule has 50 heavy (non-hydrogen) atoms. The van der Waals surface area contributed by atoms with E-state index in [0.29, 0.717) is 0 Å². The predicted octanol–water partition coefficient (Wildman–Crippen LogP) is -0.206. The Morgan fingerprint density at radius 2 is 1.40 bits per heavy atom. The van der Waals surface area contributed by atoms with Gasteiger partial charge in [0, 0.05) is 36.6 Å². The maximum Gasteiger partial charge on any atom is 0.417 e. The fourth-order valence-corrected chi connectivity index (χ4v) is 4.86. The molecule has 0 radical (unpaired) electrons. The van der Waals surface area contributed by atoms with Gasteiger partial charge in [-0.25, -0.2) is 4.79 Å². The number of carboxylic acids is 2. The van der Waals surface area contributed by atoms with E-state index in [4.69, 9.17) is 9.52 Å². The lowest BCUT2D eigenvalue weighted by atomic mass is 10.1. The SMILES string of the molecule is CSCC[C@H](NC(=O)[C@H](CO)NC(=O)[C@H](CCC(=O)O)NC(C)=O)C(=O)N[C@@H](CC(=O)O)C(=O)Nc1ccc2c(C(F)(F)F)cc(=O)oc2c1. The molecule has 2 aromatic rings. The highest BCUT2D eigenvalue weighted by Gasteiger charge is 2.35. The van der Waals surface area contributed by atoms with E-state index in [1.165, 1.54) is 11.8 Å². The summed E-state index contributed by atoms with van der Waals surface area (Å²) < 4.78 is 45.0. The predicted molar refractivity (Wildman–Crippen MR) is 169 cm³/mol. The molecule has 17 nitrogen and oxygen atoms in total. The number of nitrogens with one attached hydrogen (secondary N) is 5. The number of alkyl halides is 3. The summed E-state index contributed by atoms with van der Waals surface area (Å²) in [6.45, 7) is 0.0682.